The molecule has 1 aliphatic carbocycles. The van der Waals surface area contributed by atoms with E-state index >= 15 is 0 Å². The molecule has 0 aromatic heterocycles. The van der Waals surface area contributed by atoms with Gasteiger partial charge < -0.3 is 15.4 Å². The molecule has 2 N–H and O–H groups in total. The highest BCUT2D eigenvalue weighted by Crippen LogP contribution is 2.34. The van der Waals surface area contributed by atoms with Crippen molar-refractivity contribution in [1.29, 1.82) is 0 Å². The third-order valence-corrected chi connectivity index (χ3v) is 8.05. The van der Waals surface area contributed by atoms with Gasteiger partial charge in [0.25, 0.3) is 0 Å². The Kier molecular flexibility index (Phi) is 7.54. The monoisotopic (exact) mass is 524 g/mol. The van der Waals surface area contributed by atoms with Crippen molar-refractivity contribution >= 4 is 32.9 Å². The summed E-state index contributed by atoms with van der Waals surface area (Å²) in [4.78, 5) is 2.27. The normalized spacial score (nSPS) is 14.3. The summed E-state index contributed by atoms with van der Waals surface area (Å²) in [5.41, 5.74) is 14.0. The van der Waals surface area contributed by atoms with E-state index in [0.717, 1.165) is 24.4 Å². The molecule has 0 saturated carbocycles. The van der Waals surface area contributed by atoms with Crippen molar-refractivity contribution in [2.24, 2.45) is 0 Å². The average Bonchev–Trinajstić information content (AvgIpc) is 3.02. The third-order valence-electron chi connectivity index (χ3n) is 8.05. The van der Waals surface area contributed by atoms with Gasteiger partial charge in [-0.25, -0.2) is 0 Å². The lowest BCUT2D eigenvalue weighted by Crippen LogP contribution is -2.22. The Morgan fingerprint density at radius 2 is 1.52 bits per heavy atom. The summed E-state index contributed by atoms with van der Waals surface area (Å²) in [6.45, 7) is 0.928. The minimum Gasteiger partial charge on any atom is -0.497 e. The van der Waals surface area contributed by atoms with Crippen LogP contribution in [0.1, 0.15) is 29.5 Å². The number of hydrogen-bond donors (Lipinski definition) is 1. The number of hydrogen-bond acceptors (Lipinski definition) is 3. The van der Waals surface area contributed by atoms with Crippen LogP contribution in [0.15, 0.2) is 121 Å². The van der Waals surface area contributed by atoms with Gasteiger partial charge in [-0.1, -0.05) is 72.8 Å². The van der Waals surface area contributed by atoms with Crippen molar-refractivity contribution in [3.05, 3.63) is 138 Å². The smallest absolute Gasteiger partial charge is 0.119 e. The highest BCUT2D eigenvalue weighted by atomic mass is 16.5. The number of nitrogens with two attached hydrogens (primary N) is 1. The van der Waals surface area contributed by atoms with Gasteiger partial charge in [-0.05, 0) is 107 Å². The quantitative estimate of drug-likeness (QED) is 0.189. The number of rotatable bonds is 4. The van der Waals surface area contributed by atoms with E-state index in [2.05, 4.69) is 96.0 Å². The van der Waals surface area contributed by atoms with E-state index in [1.165, 1.54) is 64.1 Å². The van der Waals surface area contributed by atoms with E-state index in [0.29, 0.717) is 0 Å². The second-order valence-corrected chi connectivity index (χ2v) is 10.7. The number of fused-ring (bicyclic) bond motifs is 5. The first kappa shape index (κ1) is 25.8. The zero-order chi connectivity index (χ0) is 27.3. The number of allylic oxidation sites excluding steroid dienone is 2. The number of ether oxygens (including phenoxy) is 1. The molecule has 200 valence electrons. The summed E-state index contributed by atoms with van der Waals surface area (Å²) in [6.07, 6.45) is 12.5. The molecule has 0 amide bonds. The van der Waals surface area contributed by atoms with Crippen molar-refractivity contribution in [1.82, 2.24) is 0 Å². The second kappa shape index (κ2) is 11.7. The summed E-state index contributed by atoms with van der Waals surface area (Å²) >= 11 is 0. The molecule has 0 bridgehead atoms. The van der Waals surface area contributed by atoms with E-state index < -0.39 is 0 Å². The first-order valence-electron chi connectivity index (χ1n) is 14.2. The number of nitrogen functional groups attached to an aromatic ring is 1. The first-order valence-corrected chi connectivity index (χ1v) is 14.2. The largest absolute Gasteiger partial charge is 0.497 e. The summed E-state index contributed by atoms with van der Waals surface area (Å²) in [6, 6.07) is 34.0. The number of methoxy groups -OCH3 is 1. The van der Waals surface area contributed by atoms with E-state index in [4.69, 9.17) is 10.5 Å². The van der Waals surface area contributed by atoms with Gasteiger partial charge in [-0.3, -0.25) is 0 Å². The highest BCUT2D eigenvalue weighted by molar-refractivity contribution is 6.12. The molecule has 0 radical (unpaired) electrons. The van der Waals surface area contributed by atoms with Gasteiger partial charge in [0.15, 0.2) is 0 Å². The van der Waals surface area contributed by atoms with Crippen LogP contribution >= 0.6 is 0 Å². The van der Waals surface area contributed by atoms with Gasteiger partial charge in [0.1, 0.15) is 5.75 Å². The lowest BCUT2D eigenvalue weighted by Gasteiger charge is -2.25. The van der Waals surface area contributed by atoms with Crippen LogP contribution in [-0.4, -0.2) is 13.7 Å². The molecule has 5 aromatic rings. The van der Waals surface area contributed by atoms with Crippen LogP contribution in [0.5, 0.6) is 5.75 Å². The fourth-order valence-electron chi connectivity index (χ4n) is 6.02. The summed E-state index contributed by atoms with van der Waals surface area (Å²) in [5, 5.41) is 5.23. The van der Waals surface area contributed by atoms with E-state index in [9.17, 15) is 0 Å². The number of benzene rings is 5. The molecular formula is C37H36N2O. The standard InChI is InChI=1S/C19H19NO.C18H17N/c1-21-19-11-5-7-16(14-19)13-17-8-6-12-20(15-17)18-9-3-2-4-10-18;19-18-7-3-6-14-16-9-8-12-4-1-2-5-13(12)15(16)10-11-17(14)18/h2-12,14H,13,15H2,1H3;3,6-11H,1-2,4-5,19H2. The molecule has 0 spiro atoms. The molecule has 0 atom stereocenters. The van der Waals surface area contributed by atoms with Crippen LogP contribution in [0.2, 0.25) is 0 Å². The first-order chi connectivity index (χ1) is 19.7. The molecule has 3 nitrogen and oxygen atoms in total. The van der Waals surface area contributed by atoms with Gasteiger partial charge in [-0.15, -0.1) is 0 Å². The molecule has 0 saturated heterocycles. The van der Waals surface area contributed by atoms with E-state index in [-0.39, 0.29) is 0 Å². The maximum atomic E-state index is 6.09. The molecular weight excluding hydrogens is 488 g/mol. The van der Waals surface area contributed by atoms with Gasteiger partial charge in [0.2, 0.25) is 0 Å². The Hall–Kier alpha value is -4.50. The fourth-order valence-corrected chi connectivity index (χ4v) is 6.02. The van der Waals surface area contributed by atoms with Crippen LogP contribution in [0.25, 0.3) is 21.5 Å². The second-order valence-electron chi connectivity index (χ2n) is 10.7. The maximum Gasteiger partial charge on any atom is 0.119 e. The minimum atomic E-state index is 0.872. The molecule has 7 rings (SSSR count). The zero-order valence-corrected chi connectivity index (χ0v) is 23.1. The predicted octanol–water partition coefficient (Wildman–Crippen LogP) is 8.65. The summed E-state index contributed by atoms with van der Waals surface area (Å²) in [7, 11) is 1.71. The molecule has 2 aliphatic rings. The highest BCUT2D eigenvalue weighted by Gasteiger charge is 2.14. The third kappa shape index (κ3) is 5.46. The lowest BCUT2D eigenvalue weighted by molar-refractivity contribution is 0.414. The number of anilines is 2. The Morgan fingerprint density at radius 1 is 0.750 bits per heavy atom. The van der Waals surface area contributed by atoms with Crippen molar-refractivity contribution < 1.29 is 4.74 Å². The molecule has 1 heterocycles. The van der Waals surface area contributed by atoms with Crippen LogP contribution in [0, 0.1) is 0 Å². The zero-order valence-electron chi connectivity index (χ0n) is 23.1. The van der Waals surface area contributed by atoms with Crippen molar-refractivity contribution in [3.8, 4) is 5.75 Å². The van der Waals surface area contributed by atoms with E-state index in [1.807, 2.05) is 24.3 Å². The Bertz CT molecular complexity index is 1700. The van der Waals surface area contributed by atoms with Crippen LogP contribution in [0.3, 0.4) is 0 Å². The average molecular weight is 525 g/mol. The molecule has 5 aromatic carbocycles. The molecule has 0 unspecified atom stereocenters. The summed E-state index contributed by atoms with van der Waals surface area (Å²) in [5.74, 6) is 0.916. The molecule has 40 heavy (non-hydrogen) atoms. The molecule has 3 heteroatoms. The van der Waals surface area contributed by atoms with Gasteiger partial charge >= 0.3 is 0 Å². The van der Waals surface area contributed by atoms with Crippen molar-refractivity contribution in [3.63, 3.8) is 0 Å². The SMILES string of the molecule is COc1cccc(CC2=CC=CN(c3ccccc3)C2)c1.Nc1cccc2c1ccc1c3c(ccc12)CCCC3. The minimum absolute atomic E-state index is 0.872. The van der Waals surface area contributed by atoms with Gasteiger partial charge in [0, 0.05) is 29.5 Å². The van der Waals surface area contributed by atoms with Crippen LogP contribution in [0.4, 0.5) is 11.4 Å². The van der Waals surface area contributed by atoms with Gasteiger partial charge in [-0.2, -0.15) is 0 Å². The topological polar surface area (TPSA) is 38.5 Å². The molecule has 1 aliphatic heterocycles. The Labute approximate surface area is 237 Å². The summed E-state index contributed by atoms with van der Waals surface area (Å²) < 4.78 is 5.29. The van der Waals surface area contributed by atoms with Crippen LogP contribution < -0.4 is 15.4 Å². The maximum absolute atomic E-state index is 6.09. The van der Waals surface area contributed by atoms with Crippen molar-refractivity contribution in [2.75, 3.05) is 24.3 Å². The fraction of sp³-hybridized carbons (Fsp3) is 0.189. The number of para-hydroxylation sites is 1. The van der Waals surface area contributed by atoms with Gasteiger partial charge in [0.05, 0.1) is 7.11 Å². The lowest BCUT2D eigenvalue weighted by atomic mass is 9.86. The number of nitrogens with zero attached hydrogens (tertiary/aromatic N) is 1. The predicted molar refractivity (Wildman–Crippen MR) is 170 cm³/mol. The van der Waals surface area contributed by atoms with Crippen LogP contribution in [-0.2, 0) is 19.3 Å². The van der Waals surface area contributed by atoms with E-state index in [1.54, 1.807) is 18.2 Å². The Morgan fingerprint density at radius 3 is 2.40 bits per heavy atom. The number of aryl methyl sites for hydroxylation is 2. The molecule has 0 fully saturated rings. The van der Waals surface area contributed by atoms with Crippen molar-refractivity contribution in [2.45, 2.75) is 32.1 Å². The Balaban J connectivity index is 0.000000145.